The normalized spacial score (nSPS) is 10.8. The zero-order valence-electron chi connectivity index (χ0n) is 15.8. The largest absolute Gasteiger partial charge is 0.457 e. The predicted molar refractivity (Wildman–Crippen MR) is 111 cm³/mol. The van der Waals surface area contributed by atoms with Gasteiger partial charge in [0.05, 0.1) is 23.7 Å². The van der Waals surface area contributed by atoms with E-state index < -0.39 is 5.97 Å². The highest BCUT2D eigenvalue weighted by Gasteiger charge is 2.12. The summed E-state index contributed by atoms with van der Waals surface area (Å²) >= 11 is 0. The number of furan rings is 1. The molecule has 2 aromatic heterocycles. The Kier molecular flexibility index (Phi) is 5.52. The van der Waals surface area contributed by atoms with Crippen LogP contribution in [0.3, 0.4) is 0 Å². The van der Waals surface area contributed by atoms with Gasteiger partial charge in [0.15, 0.2) is 0 Å². The minimum absolute atomic E-state index is 0.128. The number of carbonyl (C=O) groups excluding carboxylic acids is 2. The molecule has 0 aliphatic carbocycles. The van der Waals surface area contributed by atoms with E-state index >= 15 is 0 Å². The standard InChI is InChI=1S/C23H17N3O4/c27-22(19-6-1-2-7-20(19)26-13-3-4-14-26)25-24-16-17-9-11-18(12-10-17)30-23(28)21-8-5-15-29-21/h1-16H,(H,25,27). The summed E-state index contributed by atoms with van der Waals surface area (Å²) in [6.07, 6.45) is 6.65. The number of benzene rings is 2. The van der Waals surface area contributed by atoms with E-state index in [0.29, 0.717) is 11.3 Å². The Morgan fingerprint density at radius 1 is 0.933 bits per heavy atom. The summed E-state index contributed by atoms with van der Waals surface area (Å²) in [5.74, 6) is -0.392. The summed E-state index contributed by atoms with van der Waals surface area (Å²) in [5, 5.41) is 4.02. The third-order valence-electron chi connectivity index (χ3n) is 4.22. The molecule has 0 saturated carbocycles. The molecular formula is C23H17N3O4. The molecule has 148 valence electrons. The van der Waals surface area contributed by atoms with Gasteiger partial charge in [-0.1, -0.05) is 12.1 Å². The van der Waals surface area contributed by atoms with Crippen molar-refractivity contribution in [1.29, 1.82) is 0 Å². The van der Waals surface area contributed by atoms with Gasteiger partial charge in [-0.2, -0.15) is 5.10 Å². The molecule has 0 atom stereocenters. The summed E-state index contributed by atoms with van der Waals surface area (Å²) in [6.45, 7) is 0. The van der Waals surface area contributed by atoms with Gasteiger partial charge in [0.1, 0.15) is 5.75 Å². The molecule has 1 amide bonds. The lowest BCUT2D eigenvalue weighted by molar-refractivity contribution is 0.0701. The second-order valence-electron chi connectivity index (χ2n) is 6.24. The predicted octanol–water partition coefficient (Wildman–Crippen LogP) is 4.05. The van der Waals surface area contributed by atoms with Crippen LogP contribution in [0.5, 0.6) is 5.75 Å². The topological polar surface area (TPSA) is 85.8 Å². The molecule has 30 heavy (non-hydrogen) atoms. The van der Waals surface area contributed by atoms with E-state index in [9.17, 15) is 9.59 Å². The van der Waals surface area contributed by atoms with Gasteiger partial charge in [0.2, 0.25) is 5.76 Å². The van der Waals surface area contributed by atoms with Gasteiger partial charge in [0, 0.05) is 12.4 Å². The number of nitrogens with zero attached hydrogens (tertiary/aromatic N) is 2. The van der Waals surface area contributed by atoms with E-state index in [0.717, 1.165) is 11.3 Å². The zero-order chi connectivity index (χ0) is 20.8. The van der Waals surface area contributed by atoms with Crippen LogP contribution < -0.4 is 10.2 Å². The molecule has 0 fully saturated rings. The fourth-order valence-corrected chi connectivity index (χ4v) is 2.79. The number of carbonyl (C=O) groups is 2. The fraction of sp³-hybridized carbons (Fsp3) is 0. The summed E-state index contributed by atoms with van der Waals surface area (Å²) < 4.78 is 12.1. The van der Waals surface area contributed by atoms with Gasteiger partial charge in [-0.25, -0.2) is 10.2 Å². The minimum Gasteiger partial charge on any atom is -0.457 e. The number of nitrogens with one attached hydrogen (secondary N) is 1. The number of hydrogen-bond donors (Lipinski definition) is 1. The highest BCUT2D eigenvalue weighted by molar-refractivity contribution is 5.98. The van der Waals surface area contributed by atoms with Crippen LogP contribution in [0.15, 0.2) is 101 Å². The van der Waals surface area contributed by atoms with Crippen molar-refractivity contribution in [3.63, 3.8) is 0 Å². The monoisotopic (exact) mass is 399 g/mol. The van der Waals surface area contributed by atoms with Gasteiger partial charge in [-0.15, -0.1) is 0 Å². The van der Waals surface area contributed by atoms with E-state index in [-0.39, 0.29) is 11.7 Å². The lowest BCUT2D eigenvalue weighted by Gasteiger charge is -2.09. The molecule has 2 aromatic carbocycles. The molecule has 0 bridgehead atoms. The van der Waals surface area contributed by atoms with Gasteiger partial charge in [0.25, 0.3) is 5.91 Å². The van der Waals surface area contributed by atoms with Gasteiger partial charge < -0.3 is 13.7 Å². The Morgan fingerprint density at radius 3 is 2.43 bits per heavy atom. The number of ether oxygens (including phenoxy) is 1. The van der Waals surface area contributed by atoms with E-state index in [1.165, 1.54) is 18.5 Å². The summed E-state index contributed by atoms with van der Waals surface area (Å²) in [5.41, 5.74) is 4.53. The minimum atomic E-state index is -0.574. The van der Waals surface area contributed by atoms with Crippen LogP contribution in [-0.2, 0) is 0 Å². The van der Waals surface area contributed by atoms with Crippen molar-refractivity contribution < 1.29 is 18.7 Å². The number of hydrazone groups is 1. The van der Waals surface area contributed by atoms with Gasteiger partial charge in [-0.05, 0) is 66.2 Å². The van der Waals surface area contributed by atoms with E-state index in [1.807, 2.05) is 41.2 Å². The number of hydrogen-bond acceptors (Lipinski definition) is 5. The van der Waals surface area contributed by atoms with Crippen molar-refractivity contribution in [2.45, 2.75) is 0 Å². The molecule has 4 aromatic rings. The third kappa shape index (κ3) is 4.36. The Hall–Kier alpha value is -4.39. The Balaban J connectivity index is 1.38. The first-order chi connectivity index (χ1) is 14.7. The molecule has 0 spiro atoms. The lowest BCUT2D eigenvalue weighted by atomic mass is 10.1. The Bertz CT molecular complexity index is 1160. The van der Waals surface area contributed by atoms with Gasteiger partial charge in [-0.3, -0.25) is 4.79 Å². The number of para-hydroxylation sites is 1. The lowest BCUT2D eigenvalue weighted by Crippen LogP contribution is -2.19. The molecular weight excluding hydrogens is 382 g/mol. The Labute approximate surface area is 172 Å². The average Bonchev–Trinajstić information content (AvgIpc) is 3.49. The molecule has 0 aliphatic rings. The third-order valence-corrected chi connectivity index (χ3v) is 4.22. The molecule has 0 radical (unpaired) electrons. The first kappa shape index (κ1) is 18.9. The van der Waals surface area contributed by atoms with E-state index in [2.05, 4.69) is 10.5 Å². The van der Waals surface area contributed by atoms with Crippen molar-refractivity contribution >= 4 is 18.1 Å². The van der Waals surface area contributed by atoms with Crippen molar-refractivity contribution in [1.82, 2.24) is 9.99 Å². The SMILES string of the molecule is O=C(Oc1ccc(C=NNC(=O)c2ccccc2-n2cccc2)cc1)c1ccco1. The van der Waals surface area contributed by atoms with Crippen LogP contribution in [0, 0.1) is 0 Å². The highest BCUT2D eigenvalue weighted by Crippen LogP contribution is 2.15. The van der Waals surface area contributed by atoms with Gasteiger partial charge >= 0.3 is 5.97 Å². The maximum absolute atomic E-state index is 12.5. The number of esters is 1. The molecule has 7 heteroatoms. The summed E-state index contributed by atoms with van der Waals surface area (Å²) in [6, 6.07) is 20.9. The number of amides is 1. The quantitative estimate of drug-likeness (QED) is 0.229. The van der Waals surface area contributed by atoms with Crippen molar-refractivity contribution in [3.8, 4) is 11.4 Å². The second-order valence-corrected chi connectivity index (χ2v) is 6.24. The molecule has 0 saturated heterocycles. The average molecular weight is 399 g/mol. The van der Waals surface area contributed by atoms with Crippen LogP contribution in [0.1, 0.15) is 26.5 Å². The number of rotatable bonds is 6. The van der Waals surface area contributed by atoms with Crippen LogP contribution in [-0.4, -0.2) is 22.7 Å². The van der Waals surface area contributed by atoms with Crippen molar-refractivity contribution in [2.75, 3.05) is 0 Å². The highest BCUT2D eigenvalue weighted by atomic mass is 16.5. The van der Waals surface area contributed by atoms with Crippen LogP contribution in [0.2, 0.25) is 0 Å². The first-order valence-corrected chi connectivity index (χ1v) is 9.12. The Morgan fingerprint density at radius 2 is 1.70 bits per heavy atom. The maximum atomic E-state index is 12.5. The molecule has 0 aliphatic heterocycles. The molecule has 1 N–H and O–H groups in total. The number of aromatic nitrogens is 1. The van der Waals surface area contributed by atoms with E-state index in [4.69, 9.17) is 9.15 Å². The van der Waals surface area contributed by atoms with E-state index in [1.54, 1.807) is 42.5 Å². The summed E-state index contributed by atoms with van der Waals surface area (Å²) in [7, 11) is 0. The van der Waals surface area contributed by atoms with Crippen LogP contribution in [0.25, 0.3) is 5.69 Å². The molecule has 7 nitrogen and oxygen atoms in total. The zero-order valence-corrected chi connectivity index (χ0v) is 15.8. The maximum Gasteiger partial charge on any atom is 0.379 e. The van der Waals surface area contributed by atoms with Crippen LogP contribution in [0.4, 0.5) is 0 Å². The molecule has 2 heterocycles. The fourth-order valence-electron chi connectivity index (χ4n) is 2.79. The first-order valence-electron chi connectivity index (χ1n) is 9.12. The molecule has 4 rings (SSSR count). The van der Waals surface area contributed by atoms with Crippen molar-refractivity contribution in [2.24, 2.45) is 5.10 Å². The second kappa shape index (κ2) is 8.74. The smallest absolute Gasteiger partial charge is 0.379 e. The van der Waals surface area contributed by atoms with Crippen molar-refractivity contribution in [3.05, 3.63) is 108 Å². The van der Waals surface area contributed by atoms with Crippen LogP contribution >= 0.6 is 0 Å². The molecule has 0 unspecified atom stereocenters. The summed E-state index contributed by atoms with van der Waals surface area (Å²) in [4.78, 5) is 24.4.